The van der Waals surface area contributed by atoms with Crippen molar-refractivity contribution < 1.29 is 19.2 Å². The van der Waals surface area contributed by atoms with Gasteiger partial charge in [0.05, 0.1) is 0 Å². The number of carbonyl (C=O) groups excluding carboxylic acids is 4. The van der Waals surface area contributed by atoms with E-state index in [0.29, 0.717) is 6.54 Å². The molecule has 0 atom stereocenters. The van der Waals surface area contributed by atoms with E-state index in [4.69, 9.17) is 0 Å². The van der Waals surface area contributed by atoms with Crippen molar-refractivity contribution in [1.82, 2.24) is 15.1 Å². The van der Waals surface area contributed by atoms with Crippen LogP contribution in [0.3, 0.4) is 0 Å². The molecule has 5 rings (SSSR count). The van der Waals surface area contributed by atoms with Crippen molar-refractivity contribution in [2.75, 3.05) is 19.6 Å². The van der Waals surface area contributed by atoms with Crippen molar-refractivity contribution in [2.24, 2.45) is 23.2 Å². The summed E-state index contributed by atoms with van der Waals surface area (Å²) in [5, 5.41) is 2.94. The van der Waals surface area contributed by atoms with Crippen LogP contribution in [0.15, 0.2) is 0 Å². The zero-order valence-corrected chi connectivity index (χ0v) is 14.6. The molecule has 5 aliphatic rings. The second-order valence-electron chi connectivity index (χ2n) is 8.42. The van der Waals surface area contributed by atoms with Gasteiger partial charge in [-0.1, -0.05) is 0 Å². The Morgan fingerprint density at radius 1 is 1.00 bits per heavy atom. The van der Waals surface area contributed by atoms with Crippen LogP contribution in [-0.2, 0) is 14.4 Å². The molecular formula is C18H25N3O4. The number of imide groups is 2. The van der Waals surface area contributed by atoms with Gasteiger partial charge in [-0.05, 0) is 68.6 Å². The average Bonchev–Trinajstić information content (AvgIpc) is 2.75. The van der Waals surface area contributed by atoms with Gasteiger partial charge in [-0.25, -0.2) is 9.69 Å². The normalized spacial score (nSPS) is 36.5. The van der Waals surface area contributed by atoms with Crippen LogP contribution in [0.2, 0.25) is 0 Å². The molecule has 4 aliphatic carbocycles. The van der Waals surface area contributed by atoms with Gasteiger partial charge in [0.15, 0.2) is 0 Å². The minimum Gasteiger partial charge on any atom is -0.354 e. The van der Waals surface area contributed by atoms with Crippen LogP contribution >= 0.6 is 0 Å². The van der Waals surface area contributed by atoms with E-state index in [2.05, 4.69) is 5.32 Å². The minimum atomic E-state index is -0.906. The fourth-order valence-electron chi connectivity index (χ4n) is 5.96. The van der Waals surface area contributed by atoms with Gasteiger partial charge in [-0.3, -0.25) is 19.3 Å². The number of likely N-dealkylation sites (N-methyl/N-ethyl adjacent to an activating group) is 1. The molecule has 5 fully saturated rings. The molecule has 0 unspecified atom stereocenters. The third-order valence-electron chi connectivity index (χ3n) is 6.58. The maximum Gasteiger partial charge on any atom is 0.334 e. The molecule has 25 heavy (non-hydrogen) atoms. The average molecular weight is 347 g/mol. The van der Waals surface area contributed by atoms with Gasteiger partial charge in [-0.15, -0.1) is 0 Å². The number of urea groups is 1. The Bertz CT molecular complexity index is 609. The SMILES string of the molecule is CCN1C(=O)C(=O)N(CC(=O)NCC23CC4CC(CC(C4)C2)C3)C1=O. The monoisotopic (exact) mass is 347 g/mol. The largest absolute Gasteiger partial charge is 0.354 e. The fraction of sp³-hybridized carbons (Fsp3) is 0.778. The Labute approximate surface area is 147 Å². The van der Waals surface area contributed by atoms with Crippen molar-refractivity contribution in [2.45, 2.75) is 45.4 Å². The summed E-state index contributed by atoms with van der Waals surface area (Å²) < 4.78 is 0. The lowest BCUT2D eigenvalue weighted by Gasteiger charge is -2.56. The maximum atomic E-state index is 12.3. The minimum absolute atomic E-state index is 0.134. The van der Waals surface area contributed by atoms with Gasteiger partial charge in [0, 0.05) is 13.1 Å². The third-order valence-corrected chi connectivity index (χ3v) is 6.58. The number of rotatable bonds is 5. The van der Waals surface area contributed by atoms with Crippen LogP contribution in [-0.4, -0.2) is 53.2 Å². The van der Waals surface area contributed by atoms with Crippen LogP contribution in [0.5, 0.6) is 0 Å². The van der Waals surface area contributed by atoms with E-state index in [-0.39, 0.29) is 24.4 Å². The fourth-order valence-corrected chi connectivity index (χ4v) is 5.96. The van der Waals surface area contributed by atoms with Gasteiger partial charge < -0.3 is 5.32 Å². The number of amides is 5. The molecule has 136 valence electrons. The van der Waals surface area contributed by atoms with Crippen molar-refractivity contribution >= 4 is 23.8 Å². The van der Waals surface area contributed by atoms with Gasteiger partial charge in [0.2, 0.25) is 5.91 Å². The molecule has 4 bridgehead atoms. The van der Waals surface area contributed by atoms with Gasteiger partial charge in [0.1, 0.15) is 6.54 Å². The van der Waals surface area contributed by atoms with Gasteiger partial charge in [0.25, 0.3) is 0 Å². The van der Waals surface area contributed by atoms with Crippen molar-refractivity contribution in [3.63, 3.8) is 0 Å². The number of hydrogen-bond acceptors (Lipinski definition) is 4. The molecule has 0 aromatic heterocycles. The van der Waals surface area contributed by atoms with Crippen LogP contribution in [0, 0.1) is 23.2 Å². The Morgan fingerprint density at radius 2 is 1.52 bits per heavy atom. The lowest BCUT2D eigenvalue weighted by molar-refractivity contribution is -0.144. The molecule has 7 nitrogen and oxygen atoms in total. The smallest absolute Gasteiger partial charge is 0.334 e. The lowest BCUT2D eigenvalue weighted by atomic mass is 9.49. The van der Waals surface area contributed by atoms with Crippen LogP contribution in [0.25, 0.3) is 0 Å². The zero-order chi connectivity index (χ0) is 17.8. The summed E-state index contributed by atoms with van der Waals surface area (Å²) in [6.45, 7) is 2.01. The molecule has 4 saturated carbocycles. The summed E-state index contributed by atoms with van der Waals surface area (Å²) in [6.07, 6.45) is 7.59. The number of hydrogen-bond donors (Lipinski definition) is 1. The van der Waals surface area contributed by atoms with Crippen LogP contribution in [0.1, 0.15) is 45.4 Å². The summed E-state index contributed by atoms with van der Waals surface area (Å²) in [7, 11) is 0. The molecule has 5 amide bonds. The highest BCUT2D eigenvalue weighted by molar-refractivity contribution is 6.45. The molecule has 1 aliphatic heterocycles. The molecule has 1 N–H and O–H groups in total. The van der Waals surface area contributed by atoms with E-state index in [0.717, 1.165) is 27.6 Å². The van der Waals surface area contributed by atoms with Crippen LogP contribution in [0.4, 0.5) is 4.79 Å². The molecule has 7 heteroatoms. The molecule has 0 aromatic carbocycles. The van der Waals surface area contributed by atoms with E-state index in [1.807, 2.05) is 0 Å². The highest BCUT2D eigenvalue weighted by Gasteiger charge is 2.51. The van der Waals surface area contributed by atoms with Crippen molar-refractivity contribution in [3.05, 3.63) is 0 Å². The Morgan fingerprint density at radius 3 is 2.00 bits per heavy atom. The Kier molecular flexibility index (Phi) is 3.85. The third kappa shape index (κ3) is 2.73. The Balaban J connectivity index is 1.35. The van der Waals surface area contributed by atoms with E-state index in [9.17, 15) is 19.2 Å². The first-order chi connectivity index (χ1) is 11.9. The predicted octanol–water partition coefficient (Wildman–Crippen LogP) is 1.13. The molecule has 1 saturated heterocycles. The standard InChI is InChI=1S/C18H25N3O4/c1-2-20-15(23)16(24)21(17(20)25)9-14(22)19-10-18-6-11-3-12(7-18)5-13(4-11)8-18/h11-13H,2-10H2,1H3,(H,19,22). The summed E-state index contributed by atoms with van der Waals surface area (Å²) in [6, 6.07) is -0.692. The molecule has 0 spiro atoms. The Hall–Kier alpha value is -1.92. The predicted molar refractivity (Wildman–Crippen MR) is 88.1 cm³/mol. The van der Waals surface area contributed by atoms with Crippen LogP contribution < -0.4 is 5.32 Å². The number of carbonyl (C=O) groups is 4. The van der Waals surface area contributed by atoms with E-state index >= 15 is 0 Å². The first-order valence-electron chi connectivity index (χ1n) is 9.35. The quantitative estimate of drug-likeness (QED) is 0.597. The summed E-state index contributed by atoms with van der Waals surface area (Å²) in [5.41, 5.74) is 0.203. The van der Waals surface area contributed by atoms with Crippen molar-refractivity contribution in [3.8, 4) is 0 Å². The molecule has 0 aromatic rings. The highest BCUT2D eigenvalue weighted by Crippen LogP contribution is 2.59. The highest BCUT2D eigenvalue weighted by atomic mass is 16.2. The first kappa shape index (κ1) is 16.5. The second-order valence-corrected chi connectivity index (χ2v) is 8.42. The summed E-state index contributed by atoms with van der Waals surface area (Å²) in [4.78, 5) is 49.6. The lowest BCUT2D eigenvalue weighted by Crippen LogP contribution is -2.52. The van der Waals surface area contributed by atoms with E-state index in [1.54, 1.807) is 6.92 Å². The number of nitrogens with one attached hydrogen (secondary N) is 1. The maximum absolute atomic E-state index is 12.3. The second kappa shape index (κ2) is 5.81. The summed E-state index contributed by atoms with van der Waals surface area (Å²) >= 11 is 0. The first-order valence-corrected chi connectivity index (χ1v) is 9.35. The van der Waals surface area contributed by atoms with Crippen molar-refractivity contribution in [1.29, 1.82) is 0 Å². The van der Waals surface area contributed by atoms with E-state index in [1.165, 1.54) is 38.5 Å². The number of nitrogens with zero attached hydrogens (tertiary/aromatic N) is 2. The van der Waals surface area contributed by atoms with Gasteiger partial charge >= 0.3 is 17.8 Å². The topological polar surface area (TPSA) is 86.8 Å². The van der Waals surface area contributed by atoms with Gasteiger partial charge in [-0.2, -0.15) is 0 Å². The summed E-state index contributed by atoms with van der Waals surface area (Å²) in [5.74, 6) is 0.309. The zero-order valence-electron chi connectivity index (χ0n) is 14.6. The molecular weight excluding hydrogens is 322 g/mol. The molecule has 0 radical (unpaired) electrons. The molecule has 1 heterocycles. The van der Waals surface area contributed by atoms with E-state index < -0.39 is 17.8 Å².